The van der Waals surface area contributed by atoms with E-state index < -0.39 is 0 Å². The first-order chi connectivity index (χ1) is 14.0. The summed E-state index contributed by atoms with van der Waals surface area (Å²) >= 11 is 0. The number of rotatable bonds is 4. The number of hydrogen-bond acceptors (Lipinski definition) is 5. The summed E-state index contributed by atoms with van der Waals surface area (Å²) in [4.78, 5) is 43.8. The van der Waals surface area contributed by atoms with Crippen LogP contribution in [0.2, 0.25) is 0 Å². The van der Waals surface area contributed by atoms with Gasteiger partial charge in [-0.05, 0) is 25.0 Å². The summed E-state index contributed by atoms with van der Waals surface area (Å²) in [7, 11) is 1.71. The summed E-state index contributed by atoms with van der Waals surface area (Å²) in [6, 6.07) is 9.26. The number of para-hydroxylation sites is 1. The fourth-order valence-corrected chi connectivity index (χ4v) is 3.61. The third-order valence-electron chi connectivity index (χ3n) is 5.21. The van der Waals surface area contributed by atoms with E-state index in [1.807, 2.05) is 30.3 Å². The highest BCUT2D eigenvalue weighted by molar-refractivity contribution is 5.93. The Morgan fingerprint density at radius 1 is 1.24 bits per heavy atom. The number of carbonyl (C=O) groups is 2. The van der Waals surface area contributed by atoms with Crippen LogP contribution in [-0.2, 0) is 23.2 Å². The molecule has 1 fully saturated rings. The smallest absolute Gasteiger partial charge is 0.264 e. The molecule has 0 saturated carbocycles. The summed E-state index contributed by atoms with van der Waals surface area (Å²) in [6.45, 7) is 0.809. The van der Waals surface area contributed by atoms with Gasteiger partial charge in [0.2, 0.25) is 11.8 Å². The van der Waals surface area contributed by atoms with E-state index in [0.717, 1.165) is 18.5 Å². The molecule has 1 N–H and O–H groups in total. The number of carbonyl (C=O) groups excluding carboxylic acids is 2. The summed E-state index contributed by atoms with van der Waals surface area (Å²) in [5.41, 5.74) is 0.921. The maximum atomic E-state index is 12.8. The lowest BCUT2D eigenvalue weighted by Crippen LogP contribution is -2.45. The van der Waals surface area contributed by atoms with Gasteiger partial charge in [-0.25, -0.2) is 4.98 Å². The maximum absolute atomic E-state index is 12.8. The monoisotopic (exact) mass is 394 g/mol. The number of hydrogen-bond donors (Lipinski definition) is 1. The molecule has 0 spiro atoms. The molecule has 4 rings (SSSR count). The van der Waals surface area contributed by atoms with Crippen molar-refractivity contribution in [2.75, 3.05) is 18.4 Å². The molecule has 0 radical (unpaired) electrons. The third-order valence-corrected chi connectivity index (χ3v) is 5.21. The van der Waals surface area contributed by atoms with Gasteiger partial charge in [0, 0.05) is 25.8 Å². The molecule has 0 aliphatic carbocycles. The van der Waals surface area contributed by atoms with Gasteiger partial charge in [0.15, 0.2) is 5.65 Å². The van der Waals surface area contributed by atoms with Gasteiger partial charge in [-0.2, -0.15) is 5.10 Å². The zero-order chi connectivity index (χ0) is 20.4. The Balaban J connectivity index is 1.43. The summed E-state index contributed by atoms with van der Waals surface area (Å²) < 4.78 is 2.81. The molecule has 1 unspecified atom stereocenters. The standard InChI is InChI=1S/C20H22N6O3/c1-24-18-16(10-22-24)20(29)26(13-21-18)12-17(27)25-9-5-6-14(11-25)19(28)23-15-7-3-2-4-8-15/h2-4,7-8,10,13-14H,5-6,9,11-12H2,1H3,(H,23,28). The van der Waals surface area contributed by atoms with Crippen molar-refractivity contribution < 1.29 is 9.59 Å². The van der Waals surface area contributed by atoms with Crippen LogP contribution in [0.1, 0.15) is 12.8 Å². The molecule has 1 atom stereocenters. The molecule has 2 aromatic heterocycles. The zero-order valence-electron chi connectivity index (χ0n) is 16.1. The van der Waals surface area contributed by atoms with Crippen molar-refractivity contribution in [3.8, 4) is 0 Å². The largest absolute Gasteiger partial charge is 0.340 e. The van der Waals surface area contributed by atoms with Crippen LogP contribution in [0.25, 0.3) is 11.0 Å². The molecular weight excluding hydrogens is 372 g/mol. The first-order valence-corrected chi connectivity index (χ1v) is 9.54. The van der Waals surface area contributed by atoms with Crippen molar-refractivity contribution in [3.05, 3.63) is 53.2 Å². The van der Waals surface area contributed by atoms with Gasteiger partial charge in [0.25, 0.3) is 5.56 Å². The second-order valence-corrected chi connectivity index (χ2v) is 7.22. The Bertz CT molecular complexity index is 1100. The fourth-order valence-electron chi connectivity index (χ4n) is 3.61. The number of benzene rings is 1. The van der Waals surface area contributed by atoms with Crippen LogP contribution < -0.4 is 10.9 Å². The first kappa shape index (κ1) is 18.9. The Hall–Kier alpha value is -3.49. The Morgan fingerprint density at radius 3 is 2.83 bits per heavy atom. The molecule has 9 nitrogen and oxygen atoms in total. The van der Waals surface area contributed by atoms with E-state index in [0.29, 0.717) is 24.1 Å². The van der Waals surface area contributed by atoms with E-state index in [1.54, 1.807) is 11.9 Å². The Morgan fingerprint density at radius 2 is 2.03 bits per heavy atom. The number of aryl methyl sites for hydroxylation is 1. The zero-order valence-corrected chi connectivity index (χ0v) is 16.1. The number of fused-ring (bicyclic) bond motifs is 1. The number of nitrogens with one attached hydrogen (secondary N) is 1. The highest BCUT2D eigenvalue weighted by Crippen LogP contribution is 2.19. The summed E-state index contributed by atoms with van der Waals surface area (Å²) in [6.07, 6.45) is 4.29. The van der Waals surface area contributed by atoms with Crippen molar-refractivity contribution in [3.63, 3.8) is 0 Å². The van der Waals surface area contributed by atoms with E-state index in [9.17, 15) is 14.4 Å². The molecule has 29 heavy (non-hydrogen) atoms. The van der Waals surface area contributed by atoms with E-state index in [2.05, 4.69) is 15.4 Å². The predicted molar refractivity (Wildman–Crippen MR) is 107 cm³/mol. The van der Waals surface area contributed by atoms with Gasteiger partial charge in [-0.1, -0.05) is 18.2 Å². The quantitative estimate of drug-likeness (QED) is 0.711. The Kier molecular flexibility index (Phi) is 5.11. The number of amides is 2. The molecule has 0 bridgehead atoms. The SMILES string of the molecule is Cn1ncc2c(=O)n(CC(=O)N3CCCC(C(=O)Nc4ccccc4)C3)cnc21. The van der Waals surface area contributed by atoms with E-state index in [-0.39, 0.29) is 29.8 Å². The minimum atomic E-state index is -0.299. The van der Waals surface area contributed by atoms with Crippen LogP contribution >= 0.6 is 0 Å². The van der Waals surface area contributed by atoms with Crippen molar-refractivity contribution in [1.29, 1.82) is 0 Å². The molecule has 1 saturated heterocycles. The number of nitrogens with zero attached hydrogens (tertiary/aromatic N) is 5. The Labute approximate surface area is 166 Å². The molecule has 1 aliphatic rings. The second-order valence-electron chi connectivity index (χ2n) is 7.22. The number of aromatic nitrogens is 4. The minimum Gasteiger partial charge on any atom is -0.340 e. The van der Waals surface area contributed by atoms with E-state index in [1.165, 1.54) is 21.8 Å². The third kappa shape index (κ3) is 3.89. The van der Waals surface area contributed by atoms with Crippen molar-refractivity contribution in [2.24, 2.45) is 13.0 Å². The van der Waals surface area contributed by atoms with E-state index in [4.69, 9.17) is 0 Å². The minimum absolute atomic E-state index is 0.0932. The van der Waals surface area contributed by atoms with Gasteiger partial charge in [0.05, 0.1) is 12.1 Å². The molecular formula is C20H22N6O3. The average molecular weight is 394 g/mol. The van der Waals surface area contributed by atoms with Crippen molar-refractivity contribution in [2.45, 2.75) is 19.4 Å². The summed E-state index contributed by atoms with van der Waals surface area (Å²) in [5.74, 6) is -0.567. The topological polar surface area (TPSA) is 102 Å². The van der Waals surface area contributed by atoms with Crippen LogP contribution in [0.5, 0.6) is 0 Å². The fraction of sp³-hybridized carbons (Fsp3) is 0.350. The van der Waals surface area contributed by atoms with Crippen LogP contribution in [-0.4, -0.2) is 49.1 Å². The lowest BCUT2D eigenvalue weighted by Gasteiger charge is -2.32. The van der Waals surface area contributed by atoms with Crippen LogP contribution in [0, 0.1) is 5.92 Å². The lowest BCUT2D eigenvalue weighted by molar-refractivity contribution is -0.135. The van der Waals surface area contributed by atoms with E-state index >= 15 is 0 Å². The molecule has 9 heteroatoms. The molecule has 1 aromatic carbocycles. The normalized spacial score (nSPS) is 16.7. The summed E-state index contributed by atoms with van der Waals surface area (Å²) in [5, 5.41) is 7.31. The molecule has 3 heterocycles. The number of likely N-dealkylation sites (tertiary alicyclic amines) is 1. The van der Waals surface area contributed by atoms with Crippen LogP contribution in [0.4, 0.5) is 5.69 Å². The number of anilines is 1. The maximum Gasteiger partial charge on any atom is 0.264 e. The van der Waals surface area contributed by atoms with Crippen LogP contribution in [0.3, 0.4) is 0 Å². The first-order valence-electron chi connectivity index (χ1n) is 9.54. The van der Waals surface area contributed by atoms with Gasteiger partial charge < -0.3 is 10.2 Å². The highest BCUT2D eigenvalue weighted by Gasteiger charge is 2.28. The molecule has 1 aliphatic heterocycles. The van der Waals surface area contributed by atoms with Crippen LogP contribution in [0.15, 0.2) is 47.7 Å². The number of piperidine rings is 1. The second kappa shape index (κ2) is 7.86. The highest BCUT2D eigenvalue weighted by atomic mass is 16.2. The molecule has 3 aromatic rings. The van der Waals surface area contributed by atoms with Gasteiger partial charge in [0.1, 0.15) is 18.3 Å². The van der Waals surface area contributed by atoms with Gasteiger partial charge in [-0.3, -0.25) is 23.6 Å². The molecule has 2 amide bonds. The van der Waals surface area contributed by atoms with Crippen molar-refractivity contribution >= 4 is 28.5 Å². The average Bonchev–Trinajstić information content (AvgIpc) is 3.12. The lowest BCUT2D eigenvalue weighted by atomic mass is 9.97. The van der Waals surface area contributed by atoms with Gasteiger partial charge in [-0.15, -0.1) is 0 Å². The van der Waals surface area contributed by atoms with Gasteiger partial charge >= 0.3 is 0 Å². The molecule has 150 valence electrons. The predicted octanol–water partition coefficient (Wildman–Crippen LogP) is 1.01. The van der Waals surface area contributed by atoms with Crippen molar-refractivity contribution in [1.82, 2.24) is 24.2 Å².